The summed E-state index contributed by atoms with van der Waals surface area (Å²) in [5.41, 5.74) is 0. The van der Waals surface area contributed by atoms with Crippen LogP contribution in [0.25, 0.3) is 0 Å². The molecule has 7 nitrogen and oxygen atoms in total. The van der Waals surface area contributed by atoms with E-state index in [0.29, 0.717) is 50.4 Å². The minimum Gasteiger partial charge on any atom is -0.355 e. The van der Waals surface area contributed by atoms with Crippen molar-refractivity contribution in [3.63, 3.8) is 0 Å². The molecule has 0 unspecified atom stereocenters. The van der Waals surface area contributed by atoms with Gasteiger partial charge in [-0.15, -0.1) is 24.0 Å². The third-order valence-corrected chi connectivity index (χ3v) is 4.22. The highest BCUT2D eigenvalue weighted by atomic mass is 127. The van der Waals surface area contributed by atoms with Crippen molar-refractivity contribution in [2.45, 2.75) is 59.0 Å². The first-order valence-electron chi connectivity index (χ1n) is 8.90. The number of amides is 2. The summed E-state index contributed by atoms with van der Waals surface area (Å²) in [6, 6.07) is 0.996. The number of piperidine rings is 1. The molecule has 0 atom stereocenters. The summed E-state index contributed by atoms with van der Waals surface area (Å²) in [4.78, 5) is 31.4. The van der Waals surface area contributed by atoms with Crippen molar-refractivity contribution in [1.82, 2.24) is 20.4 Å². The number of nitrogens with zero attached hydrogens (tertiary/aromatic N) is 3. The highest BCUT2D eigenvalue weighted by molar-refractivity contribution is 14.0. The number of halogens is 1. The second-order valence-corrected chi connectivity index (χ2v) is 6.64. The monoisotopic (exact) mass is 467 g/mol. The number of guanidine groups is 1. The molecular weight excluding hydrogens is 433 g/mol. The van der Waals surface area contributed by atoms with Crippen LogP contribution >= 0.6 is 24.0 Å². The number of hydrogen-bond donors (Lipinski definition) is 2. The van der Waals surface area contributed by atoms with E-state index in [1.54, 1.807) is 7.05 Å². The largest absolute Gasteiger partial charge is 0.355 e. The smallest absolute Gasteiger partial charge is 0.229 e. The van der Waals surface area contributed by atoms with Gasteiger partial charge in [-0.1, -0.05) is 0 Å². The third kappa shape index (κ3) is 8.35. The van der Waals surface area contributed by atoms with E-state index in [1.165, 1.54) is 4.90 Å². The van der Waals surface area contributed by atoms with Gasteiger partial charge in [0.15, 0.2) is 5.96 Å². The van der Waals surface area contributed by atoms with Crippen LogP contribution in [-0.4, -0.2) is 72.9 Å². The number of carbonyl (C=O) groups excluding carboxylic acids is 2. The number of nitrogens with one attached hydrogen (secondary N) is 2. The molecule has 0 aromatic heterocycles. The van der Waals surface area contributed by atoms with Gasteiger partial charge in [-0.3, -0.25) is 24.4 Å². The predicted molar refractivity (Wildman–Crippen MR) is 112 cm³/mol. The third-order valence-electron chi connectivity index (χ3n) is 4.22. The molecule has 1 aliphatic rings. The van der Waals surface area contributed by atoms with Gasteiger partial charge in [-0.2, -0.15) is 0 Å². The van der Waals surface area contributed by atoms with Gasteiger partial charge >= 0.3 is 0 Å². The maximum Gasteiger partial charge on any atom is 0.229 e. The van der Waals surface area contributed by atoms with Crippen LogP contribution in [0.3, 0.4) is 0 Å². The van der Waals surface area contributed by atoms with E-state index in [2.05, 4.69) is 48.2 Å². The Hall–Kier alpha value is -0.900. The first-order valence-corrected chi connectivity index (χ1v) is 8.90. The maximum absolute atomic E-state index is 11.8. The lowest BCUT2D eigenvalue weighted by Crippen LogP contribution is -2.48. The number of aliphatic imine (C=N–C) groups is 1. The summed E-state index contributed by atoms with van der Waals surface area (Å²) < 4.78 is 0. The van der Waals surface area contributed by atoms with Crippen LogP contribution in [0.15, 0.2) is 4.99 Å². The predicted octanol–water partition coefficient (Wildman–Crippen LogP) is 1.43. The van der Waals surface area contributed by atoms with Gasteiger partial charge in [-0.25, -0.2) is 0 Å². The lowest BCUT2D eigenvalue weighted by molar-refractivity contribution is -0.147. The zero-order valence-electron chi connectivity index (χ0n) is 16.2. The Morgan fingerprint density at radius 2 is 1.60 bits per heavy atom. The Kier molecular flexibility index (Phi) is 12.0. The summed E-state index contributed by atoms with van der Waals surface area (Å²) in [6.07, 6.45) is 1.62. The summed E-state index contributed by atoms with van der Waals surface area (Å²) in [7, 11) is 1.72. The van der Waals surface area contributed by atoms with Crippen LogP contribution in [0.5, 0.6) is 0 Å². The van der Waals surface area contributed by atoms with E-state index in [0.717, 1.165) is 13.1 Å². The molecular formula is C17H34IN5O2. The topological polar surface area (TPSA) is 77.0 Å². The summed E-state index contributed by atoms with van der Waals surface area (Å²) in [5.74, 6) is 0.556. The average molecular weight is 467 g/mol. The zero-order chi connectivity index (χ0) is 18.1. The summed E-state index contributed by atoms with van der Waals surface area (Å²) in [6.45, 7) is 11.4. The molecule has 0 radical (unpaired) electrons. The molecule has 0 aromatic carbocycles. The Labute approximate surface area is 169 Å². The van der Waals surface area contributed by atoms with Gasteiger partial charge in [0, 0.05) is 58.2 Å². The van der Waals surface area contributed by atoms with E-state index >= 15 is 0 Å². The van der Waals surface area contributed by atoms with E-state index in [-0.39, 0.29) is 35.8 Å². The molecule has 146 valence electrons. The molecule has 8 heteroatoms. The van der Waals surface area contributed by atoms with Crippen molar-refractivity contribution < 1.29 is 9.59 Å². The fourth-order valence-electron chi connectivity index (χ4n) is 2.97. The maximum atomic E-state index is 11.8. The Bertz CT molecular complexity index is 430. The molecule has 0 spiro atoms. The van der Waals surface area contributed by atoms with Crippen molar-refractivity contribution >= 4 is 41.8 Å². The molecule has 1 saturated heterocycles. The van der Waals surface area contributed by atoms with Crippen molar-refractivity contribution in [3.8, 4) is 0 Å². The van der Waals surface area contributed by atoms with Crippen LogP contribution in [0.4, 0.5) is 0 Å². The summed E-state index contributed by atoms with van der Waals surface area (Å²) >= 11 is 0. The van der Waals surface area contributed by atoms with E-state index < -0.39 is 0 Å². The first-order chi connectivity index (χ1) is 11.4. The molecule has 0 saturated carbocycles. The molecule has 0 aromatic rings. The van der Waals surface area contributed by atoms with Gasteiger partial charge in [0.2, 0.25) is 11.8 Å². The number of carbonyl (C=O) groups is 2. The standard InChI is InChI=1S/C17H33N5O2.HI/c1-13(2)21(14(3)4)11-9-19-17(18-5)20-10-12-22-15(23)7-6-8-16(22)24;/h13-14H,6-12H2,1-5H3,(H2,18,19,20);1H. The SMILES string of the molecule is CN=C(NCCN1C(=O)CCCC1=O)NCCN(C(C)C)C(C)C.I. The van der Waals surface area contributed by atoms with Gasteiger partial charge in [-0.05, 0) is 34.1 Å². The van der Waals surface area contributed by atoms with Crippen molar-refractivity contribution in [2.24, 2.45) is 4.99 Å². The Balaban J connectivity index is 0.00000576. The fourth-order valence-corrected chi connectivity index (χ4v) is 2.97. The molecule has 1 aliphatic heterocycles. The molecule has 25 heavy (non-hydrogen) atoms. The van der Waals surface area contributed by atoms with Crippen LogP contribution in [0.1, 0.15) is 47.0 Å². The lowest BCUT2D eigenvalue weighted by atomic mass is 10.1. The minimum absolute atomic E-state index is 0. The molecule has 1 rings (SSSR count). The lowest BCUT2D eigenvalue weighted by Gasteiger charge is -2.30. The Morgan fingerprint density at radius 3 is 2.08 bits per heavy atom. The van der Waals surface area contributed by atoms with E-state index in [9.17, 15) is 9.59 Å². The van der Waals surface area contributed by atoms with Crippen molar-refractivity contribution in [2.75, 3.05) is 33.2 Å². The second kappa shape index (κ2) is 12.5. The van der Waals surface area contributed by atoms with Crippen LogP contribution in [0.2, 0.25) is 0 Å². The summed E-state index contributed by atoms with van der Waals surface area (Å²) in [5, 5.41) is 6.44. The second-order valence-electron chi connectivity index (χ2n) is 6.64. The molecule has 1 heterocycles. The molecule has 0 aliphatic carbocycles. The minimum atomic E-state index is -0.0690. The van der Waals surface area contributed by atoms with Gasteiger partial charge in [0.25, 0.3) is 0 Å². The fraction of sp³-hybridized carbons (Fsp3) is 0.824. The highest BCUT2D eigenvalue weighted by Gasteiger charge is 2.25. The Morgan fingerprint density at radius 1 is 1.08 bits per heavy atom. The number of hydrogen-bond acceptors (Lipinski definition) is 4. The van der Waals surface area contributed by atoms with Crippen LogP contribution in [0, 0.1) is 0 Å². The highest BCUT2D eigenvalue weighted by Crippen LogP contribution is 2.11. The van der Waals surface area contributed by atoms with Gasteiger partial charge in [0.05, 0.1) is 0 Å². The van der Waals surface area contributed by atoms with Crippen molar-refractivity contribution in [3.05, 3.63) is 0 Å². The van der Waals surface area contributed by atoms with Gasteiger partial charge in [0.1, 0.15) is 0 Å². The zero-order valence-corrected chi connectivity index (χ0v) is 18.5. The average Bonchev–Trinajstić information content (AvgIpc) is 2.51. The molecule has 1 fully saturated rings. The number of likely N-dealkylation sites (tertiary alicyclic amines) is 1. The van der Waals surface area contributed by atoms with Crippen LogP contribution in [-0.2, 0) is 9.59 Å². The first kappa shape index (κ1) is 24.1. The van der Waals surface area contributed by atoms with Crippen molar-refractivity contribution in [1.29, 1.82) is 0 Å². The van der Waals surface area contributed by atoms with E-state index in [4.69, 9.17) is 0 Å². The molecule has 0 bridgehead atoms. The normalized spacial score (nSPS) is 15.8. The number of imide groups is 1. The molecule has 2 N–H and O–H groups in total. The number of rotatable bonds is 8. The van der Waals surface area contributed by atoms with Crippen LogP contribution < -0.4 is 10.6 Å². The molecule has 2 amide bonds. The quantitative estimate of drug-likeness (QED) is 0.245. The van der Waals surface area contributed by atoms with Gasteiger partial charge < -0.3 is 10.6 Å². The van der Waals surface area contributed by atoms with E-state index in [1.807, 2.05) is 0 Å².